The minimum Gasteiger partial charge on any atom is -0.372 e. The first kappa shape index (κ1) is 18.6. The second kappa shape index (κ2) is 7.92. The van der Waals surface area contributed by atoms with Gasteiger partial charge in [-0.2, -0.15) is 0 Å². The van der Waals surface area contributed by atoms with Gasteiger partial charge in [0.2, 0.25) is 0 Å². The van der Waals surface area contributed by atoms with E-state index in [4.69, 9.17) is 15.2 Å². The molecule has 7 nitrogen and oxygen atoms in total. The first-order valence-electron chi connectivity index (χ1n) is 8.32. The molecule has 7 heteroatoms. The average molecular weight is 337 g/mol. The van der Waals surface area contributed by atoms with E-state index < -0.39 is 0 Å². The van der Waals surface area contributed by atoms with Crippen molar-refractivity contribution >= 4 is 11.4 Å². The number of nitro benzene ring substituents is 1. The summed E-state index contributed by atoms with van der Waals surface area (Å²) in [4.78, 5) is 13.0. The molecular formula is C17H27N3O4. The van der Waals surface area contributed by atoms with Crippen LogP contribution in [0.1, 0.15) is 33.3 Å². The molecule has 4 atom stereocenters. The Bertz CT molecular complexity index is 569. The lowest BCUT2D eigenvalue weighted by atomic mass is 10.1. The first-order chi connectivity index (χ1) is 11.3. The van der Waals surface area contributed by atoms with Crippen molar-refractivity contribution in [3.8, 4) is 0 Å². The Hall–Kier alpha value is -1.70. The molecule has 1 heterocycles. The summed E-state index contributed by atoms with van der Waals surface area (Å²) in [6.07, 6.45) is 0.0628. The van der Waals surface area contributed by atoms with Crippen molar-refractivity contribution in [1.82, 2.24) is 0 Å². The summed E-state index contributed by atoms with van der Waals surface area (Å²) in [5.41, 5.74) is 7.48. The Morgan fingerprint density at radius 3 is 2.50 bits per heavy atom. The fourth-order valence-corrected chi connectivity index (χ4v) is 2.80. The standard InChI is InChI=1S/C17H27N3O4/c1-11-8-19(9-12(2)24-11)16-5-15(6-17(7-16)20(21)22)10-23-14(4)13(3)18/h5-7,11-14H,8-10,18H2,1-4H3/t11-,12-,13+,14+/m0/s1. The molecule has 2 rings (SSSR count). The lowest BCUT2D eigenvalue weighted by Gasteiger charge is -2.37. The van der Waals surface area contributed by atoms with Crippen LogP contribution >= 0.6 is 0 Å². The summed E-state index contributed by atoms with van der Waals surface area (Å²) < 4.78 is 11.5. The van der Waals surface area contributed by atoms with E-state index in [1.54, 1.807) is 12.1 Å². The zero-order valence-electron chi connectivity index (χ0n) is 14.8. The molecule has 1 saturated heterocycles. The van der Waals surface area contributed by atoms with Gasteiger partial charge in [-0.05, 0) is 39.3 Å². The highest BCUT2D eigenvalue weighted by Gasteiger charge is 2.24. The van der Waals surface area contributed by atoms with Crippen molar-refractivity contribution in [3.05, 3.63) is 33.9 Å². The molecule has 1 aliphatic heterocycles. The van der Waals surface area contributed by atoms with E-state index >= 15 is 0 Å². The van der Waals surface area contributed by atoms with Crippen LogP contribution in [0.5, 0.6) is 0 Å². The topological polar surface area (TPSA) is 90.9 Å². The summed E-state index contributed by atoms with van der Waals surface area (Å²) >= 11 is 0. The van der Waals surface area contributed by atoms with Gasteiger partial charge in [0, 0.05) is 37.0 Å². The number of anilines is 1. The number of non-ortho nitro benzene ring substituents is 1. The third-order valence-corrected chi connectivity index (χ3v) is 4.21. The molecule has 2 N–H and O–H groups in total. The predicted molar refractivity (Wildman–Crippen MR) is 93.2 cm³/mol. The second-order valence-corrected chi connectivity index (χ2v) is 6.65. The van der Waals surface area contributed by atoms with Crippen molar-refractivity contribution in [2.75, 3.05) is 18.0 Å². The van der Waals surface area contributed by atoms with Gasteiger partial charge >= 0.3 is 0 Å². The van der Waals surface area contributed by atoms with Crippen molar-refractivity contribution in [2.45, 2.75) is 58.7 Å². The van der Waals surface area contributed by atoms with Crippen LogP contribution in [0.15, 0.2) is 18.2 Å². The Labute approximate surface area is 142 Å². The Morgan fingerprint density at radius 1 is 1.33 bits per heavy atom. The Kier molecular flexibility index (Phi) is 6.15. The number of rotatable bonds is 6. The fraction of sp³-hybridized carbons (Fsp3) is 0.647. The lowest BCUT2D eigenvalue weighted by Crippen LogP contribution is -2.45. The molecule has 1 aromatic carbocycles. The van der Waals surface area contributed by atoms with Crippen molar-refractivity contribution in [2.24, 2.45) is 5.73 Å². The molecule has 0 radical (unpaired) electrons. The van der Waals surface area contributed by atoms with Crippen LogP contribution in [0.4, 0.5) is 11.4 Å². The molecule has 0 aliphatic carbocycles. The highest BCUT2D eigenvalue weighted by molar-refractivity contribution is 5.56. The smallest absolute Gasteiger partial charge is 0.271 e. The number of benzene rings is 1. The van der Waals surface area contributed by atoms with Crippen LogP contribution in [-0.4, -0.2) is 42.4 Å². The number of ether oxygens (including phenoxy) is 2. The number of hydrogen-bond acceptors (Lipinski definition) is 6. The van der Waals surface area contributed by atoms with E-state index in [1.807, 2.05) is 33.8 Å². The van der Waals surface area contributed by atoms with Crippen molar-refractivity contribution in [3.63, 3.8) is 0 Å². The minimum absolute atomic E-state index is 0.0753. The van der Waals surface area contributed by atoms with E-state index in [9.17, 15) is 10.1 Å². The molecule has 24 heavy (non-hydrogen) atoms. The molecule has 134 valence electrons. The molecule has 0 aromatic heterocycles. The summed E-state index contributed by atoms with van der Waals surface area (Å²) in [6, 6.07) is 5.03. The first-order valence-corrected chi connectivity index (χ1v) is 8.32. The number of hydrogen-bond donors (Lipinski definition) is 1. The van der Waals surface area contributed by atoms with Gasteiger partial charge in [-0.25, -0.2) is 0 Å². The van der Waals surface area contributed by atoms with E-state index in [-0.39, 0.29) is 35.0 Å². The summed E-state index contributed by atoms with van der Waals surface area (Å²) in [7, 11) is 0. The van der Waals surface area contributed by atoms with E-state index in [0.717, 1.165) is 11.3 Å². The van der Waals surface area contributed by atoms with E-state index in [1.165, 1.54) is 0 Å². The Morgan fingerprint density at radius 2 is 1.96 bits per heavy atom. The lowest BCUT2D eigenvalue weighted by molar-refractivity contribution is -0.384. The van der Waals surface area contributed by atoms with Crippen LogP contribution in [0.3, 0.4) is 0 Å². The van der Waals surface area contributed by atoms with Gasteiger partial charge in [0.15, 0.2) is 0 Å². The van der Waals surface area contributed by atoms with E-state index in [0.29, 0.717) is 19.7 Å². The van der Waals surface area contributed by atoms with Gasteiger partial charge in [0.1, 0.15) is 0 Å². The highest BCUT2D eigenvalue weighted by atomic mass is 16.6. The predicted octanol–water partition coefficient (Wildman–Crippen LogP) is 2.46. The monoisotopic (exact) mass is 337 g/mol. The molecule has 0 bridgehead atoms. The van der Waals surface area contributed by atoms with Crippen LogP contribution in [-0.2, 0) is 16.1 Å². The maximum absolute atomic E-state index is 11.3. The molecule has 0 unspecified atom stereocenters. The van der Waals surface area contributed by atoms with Gasteiger partial charge in [-0.15, -0.1) is 0 Å². The summed E-state index contributed by atoms with van der Waals surface area (Å²) in [5, 5.41) is 11.3. The third kappa shape index (κ3) is 4.90. The van der Waals surface area contributed by atoms with Crippen LogP contribution in [0.25, 0.3) is 0 Å². The summed E-state index contributed by atoms with van der Waals surface area (Å²) in [6.45, 7) is 9.51. The largest absolute Gasteiger partial charge is 0.372 e. The number of nitro groups is 1. The van der Waals surface area contributed by atoms with Crippen LogP contribution in [0.2, 0.25) is 0 Å². The van der Waals surface area contributed by atoms with Gasteiger partial charge in [-0.1, -0.05) is 0 Å². The molecule has 1 fully saturated rings. The van der Waals surface area contributed by atoms with Crippen LogP contribution in [0, 0.1) is 10.1 Å². The number of morpholine rings is 1. The molecule has 0 spiro atoms. The molecule has 1 aromatic rings. The molecule has 0 saturated carbocycles. The summed E-state index contributed by atoms with van der Waals surface area (Å²) in [5.74, 6) is 0. The van der Waals surface area contributed by atoms with Gasteiger partial charge in [0.25, 0.3) is 5.69 Å². The quantitative estimate of drug-likeness (QED) is 0.633. The SMILES string of the molecule is C[C@H]1CN(c2cc(CO[C@H](C)[C@@H](C)N)cc([N+](=O)[O-])c2)C[C@H](C)O1. The Balaban J connectivity index is 2.22. The van der Waals surface area contributed by atoms with Gasteiger partial charge < -0.3 is 20.1 Å². The normalized spacial score (nSPS) is 23.8. The zero-order valence-corrected chi connectivity index (χ0v) is 14.8. The minimum atomic E-state index is -0.366. The van der Waals surface area contributed by atoms with Gasteiger partial charge in [-0.3, -0.25) is 10.1 Å². The maximum atomic E-state index is 11.3. The highest BCUT2D eigenvalue weighted by Crippen LogP contribution is 2.27. The van der Waals surface area contributed by atoms with Crippen LogP contribution < -0.4 is 10.6 Å². The second-order valence-electron chi connectivity index (χ2n) is 6.65. The fourth-order valence-electron chi connectivity index (χ4n) is 2.80. The number of nitrogens with zero attached hydrogens (tertiary/aromatic N) is 2. The van der Waals surface area contributed by atoms with Gasteiger partial charge in [0.05, 0.1) is 29.8 Å². The zero-order chi connectivity index (χ0) is 17.9. The molecule has 1 aliphatic rings. The maximum Gasteiger partial charge on any atom is 0.271 e. The van der Waals surface area contributed by atoms with Crippen molar-refractivity contribution < 1.29 is 14.4 Å². The van der Waals surface area contributed by atoms with E-state index in [2.05, 4.69) is 4.90 Å². The average Bonchev–Trinajstić information content (AvgIpc) is 2.51. The number of nitrogens with two attached hydrogens (primary N) is 1. The third-order valence-electron chi connectivity index (χ3n) is 4.21. The molecular weight excluding hydrogens is 310 g/mol. The van der Waals surface area contributed by atoms with Crippen molar-refractivity contribution in [1.29, 1.82) is 0 Å². The molecule has 0 amide bonds.